The van der Waals surface area contributed by atoms with Crippen LogP contribution in [0.15, 0.2) is 42.5 Å². The molecule has 1 fully saturated rings. The first kappa shape index (κ1) is 20.4. The lowest BCUT2D eigenvalue weighted by Gasteiger charge is -2.29. The van der Waals surface area contributed by atoms with Gasteiger partial charge in [0.2, 0.25) is 0 Å². The predicted octanol–water partition coefficient (Wildman–Crippen LogP) is 1.01. The van der Waals surface area contributed by atoms with Crippen molar-refractivity contribution in [3.05, 3.63) is 65.2 Å². The van der Waals surface area contributed by atoms with Crippen molar-refractivity contribution in [1.29, 1.82) is 0 Å². The molecule has 0 bridgehead atoms. The molecule has 4 nitrogen and oxygen atoms in total. The van der Waals surface area contributed by atoms with Crippen LogP contribution < -0.4 is 15.1 Å². The maximum absolute atomic E-state index is 13.6. The molecule has 6 heteroatoms. The molecule has 3 N–H and O–H groups in total. The topological polar surface area (TPSA) is 38.0 Å². The van der Waals surface area contributed by atoms with Gasteiger partial charge in [0.05, 0.1) is 5.69 Å². The molecule has 0 aromatic heterocycles. The summed E-state index contributed by atoms with van der Waals surface area (Å²) in [7, 11) is 0. The molecule has 0 radical (unpaired) electrons. The van der Waals surface area contributed by atoms with E-state index in [1.54, 1.807) is 0 Å². The number of hydrogen-bond acceptors (Lipinski definition) is 1. The third kappa shape index (κ3) is 5.59. The Kier molecular flexibility index (Phi) is 6.75. The molecule has 1 aliphatic rings. The van der Waals surface area contributed by atoms with Crippen LogP contribution in [0.5, 0.6) is 0 Å². The second-order valence-electron chi connectivity index (χ2n) is 7.92. The van der Waals surface area contributed by atoms with Gasteiger partial charge in [0.25, 0.3) is 5.91 Å². The van der Waals surface area contributed by atoms with Crippen LogP contribution in [0.25, 0.3) is 0 Å². The number of carbonyl (C=O) groups is 1. The van der Waals surface area contributed by atoms with Crippen LogP contribution >= 0.6 is 0 Å². The third-order valence-corrected chi connectivity index (χ3v) is 5.38. The minimum Gasteiger partial charge on any atom is -0.322 e. The van der Waals surface area contributed by atoms with E-state index >= 15 is 0 Å². The Morgan fingerprint density at radius 3 is 2.29 bits per heavy atom. The molecule has 1 heterocycles. The summed E-state index contributed by atoms with van der Waals surface area (Å²) in [5.74, 6) is -0.932. The number of hydrogen-bond donors (Lipinski definition) is 3. The Labute approximate surface area is 165 Å². The van der Waals surface area contributed by atoms with Crippen molar-refractivity contribution in [1.82, 2.24) is 0 Å². The highest BCUT2D eigenvalue weighted by Gasteiger charge is 2.25. The quantitative estimate of drug-likeness (QED) is 0.678. The van der Waals surface area contributed by atoms with E-state index in [4.69, 9.17) is 0 Å². The molecule has 0 aliphatic carbocycles. The van der Waals surface area contributed by atoms with E-state index in [-0.39, 0.29) is 18.1 Å². The highest BCUT2D eigenvalue weighted by atomic mass is 19.1. The molecule has 28 heavy (non-hydrogen) atoms. The van der Waals surface area contributed by atoms with Crippen molar-refractivity contribution in [2.45, 2.75) is 26.3 Å². The van der Waals surface area contributed by atoms with Gasteiger partial charge >= 0.3 is 0 Å². The van der Waals surface area contributed by atoms with Gasteiger partial charge in [0.15, 0.2) is 6.54 Å². The molecule has 2 aromatic carbocycles. The molecule has 150 valence electrons. The highest BCUT2D eigenvalue weighted by Crippen LogP contribution is 2.15. The lowest BCUT2D eigenvalue weighted by molar-refractivity contribution is -1.02. The van der Waals surface area contributed by atoms with E-state index in [1.165, 1.54) is 20.9 Å². The lowest BCUT2D eigenvalue weighted by Crippen LogP contribution is -3.28. The van der Waals surface area contributed by atoms with E-state index < -0.39 is 11.6 Å². The van der Waals surface area contributed by atoms with Crippen LogP contribution in [0, 0.1) is 11.6 Å². The first-order valence-corrected chi connectivity index (χ1v) is 9.91. The third-order valence-electron chi connectivity index (χ3n) is 5.38. The summed E-state index contributed by atoms with van der Waals surface area (Å²) >= 11 is 0. The molecule has 3 rings (SSSR count). The number of piperazine rings is 1. The Bertz CT molecular complexity index is 800. The van der Waals surface area contributed by atoms with Crippen molar-refractivity contribution in [3.63, 3.8) is 0 Å². The van der Waals surface area contributed by atoms with Gasteiger partial charge in [0, 0.05) is 11.6 Å². The summed E-state index contributed by atoms with van der Waals surface area (Å²) in [5, 5.41) is 2.48. The molecule has 1 saturated heterocycles. The smallest absolute Gasteiger partial charge is 0.279 e. The van der Waals surface area contributed by atoms with Crippen molar-refractivity contribution < 1.29 is 23.4 Å². The zero-order valence-corrected chi connectivity index (χ0v) is 16.5. The van der Waals surface area contributed by atoms with Gasteiger partial charge in [-0.1, -0.05) is 38.1 Å². The fourth-order valence-electron chi connectivity index (χ4n) is 3.63. The van der Waals surface area contributed by atoms with E-state index in [0.29, 0.717) is 5.92 Å². The van der Waals surface area contributed by atoms with Gasteiger partial charge in [0.1, 0.15) is 44.4 Å². The maximum atomic E-state index is 13.6. The SMILES string of the molecule is CC(C)c1ccc(C[NH+]2CC[NH+](CC(=O)Nc3cc(F)ccc3F)CC2)cc1. The highest BCUT2D eigenvalue weighted by molar-refractivity contribution is 5.91. The van der Waals surface area contributed by atoms with Crippen LogP contribution in [0.3, 0.4) is 0 Å². The summed E-state index contributed by atoms with van der Waals surface area (Å²) in [6, 6.07) is 11.9. The number of nitrogens with one attached hydrogen (secondary N) is 3. The molecule has 0 spiro atoms. The molecule has 0 atom stereocenters. The zero-order chi connectivity index (χ0) is 20.1. The van der Waals surface area contributed by atoms with Gasteiger partial charge < -0.3 is 15.1 Å². The van der Waals surface area contributed by atoms with E-state index in [0.717, 1.165) is 50.9 Å². The second-order valence-corrected chi connectivity index (χ2v) is 7.92. The Morgan fingerprint density at radius 1 is 1.00 bits per heavy atom. The van der Waals surface area contributed by atoms with Crippen LogP contribution in [0.1, 0.15) is 30.9 Å². The molecular weight excluding hydrogens is 360 g/mol. The molecule has 1 amide bonds. The minimum atomic E-state index is -0.623. The van der Waals surface area contributed by atoms with Crippen molar-refractivity contribution in [2.24, 2.45) is 0 Å². The number of carbonyl (C=O) groups excluding carboxylic acids is 1. The number of quaternary nitrogens is 2. The standard InChI is InChI=1S/C22H27F2N3O/c1-16(2)18-5-3-17(4-6-18)14-26-9-11-27(12-10-26)15-22(28)25-21-13-19(23)7-8-20(21)24/h3-8,13,16H,9-12,14-15H2,1-2H3,(H,25,28)/p+2. The Hall–Kier alpha value is -2.31. The number of benzene rings is 2. The van der Waals surface area contributed by atoms with Gasteiger partial charge in [-0.25, -0.2) is 8.78 Å². The van der Waals surface area contributed by atoms with Gasteiger partial charge in [-0.05, 0) is 23.6 Å². The number of anilines is 1. The van der Waals surface area contributed by atoms with Crippen LogP contribution in [-0.4, -0.2) is 38.6 Å². The predicted molar refractivity (Wildman–Crippen MR) is 105 cm³/mol. The van der Waals surface area contributed by atoms with Crippen molar-refractivity contribution in [3.8, 4) is 0 Å². The molecule has 0 saturated carbocycles. The van der Waals surface area contributed by atoms with Gasteiger partial charge in [-0.15, -0.1) is 0 Å². The Morgan fingerprint density at radius 2 is 1.64 bits per heavy atom. The molecular formula is C22H29F2N3O+2. The van der Waals surface area contributed by atoms with E-state index in [9.17, 15) is 13.6 Å². The summed E-state index contributed by atoms with van der Waals surface area (Å²) in [5.41, 5.74) is 2.59. The monoisotopic (exact) mass is 389 g/mol. The number of rotatable bonds is 6. The fourth-order valence-corrected chi connectivity index (χ4v) is 3.63. The summed E-state index contributed by atoms with van der Waals surface area (Å²) in [6.07, 6.45) is 0. The van der Waals surface area contributed by atoms with E-state index in [1.807, 2.05) is 0 Å². The van der Waals surface area contributed by atoms with Crippen LogP contribution in [0.2, 0.25) is 0 Å². The lowest BCUT2D eigenvalue weighted by atomic mass is 10.0. The number of amides is 1. The van der Waals surface area contributed by atoms with Crippen molar-refractivity contribution in [2.75, 3.05) is 38.0 Å². The normalized spacial score (nSPS) is 19.6. The van der Waals surface area contributed by atoms with Crippen molar-refractivity contribution >= 4 is 11.6 Å². The molecule has 1 aliphatic heterocycles. The minimum absolute atomic E-state index is 0.0986. The maximum Gasteiger partial charge on any atom is 0.279 e. The first-order chi connectivity index (χ1) is 13.4. The molecule has 2 aromatic rings. The summed E-state index contributed by atoms with van der Waals surface area (Å²) < 4.78 is 26.9. The summed E-state index contributed by atoms with van der Waals surface area (Å²) in [6.45, 7) is 9.41. The summed E-state index contributed by atoms with van der Waals surface area (Å²) in [4.78, 5) is 14.9. The first-order valence-electron chi connectivity index (χ1n) is 9.91. The van der Waals surface area contributed by atoms with Gasteiger partial charge in [-0.3, -0.25) is 4.79 Å². The average molecular weight is 389 g/mol. The second kappa shape index (κ2) is 9.26. The largest absolute Gasteiger partial charge is 0.322 e. The molecule has 0 unspecified atom stereocenters. The number of halogens is 2. The average Bonchev–Trinajstić information content (AvgIpc) is 2.67. The van der Waals surface area contributed by atoms with Crippen LogP contribution in [-0.2, 0) is 11.3 Å². The van der Waals surface area contributed by atoms with E-state index in [2.05, 4.69) is 43.4 Å². The fraction of sp³-hybridized carbons (Fsp3) is 0.409. The zero-order valence-electron chi connectivity index (χ0n) is 16.5. The Balaban J connectivity index is 1.44. The van der Waals surface area contributed by atoms with Crippen LogP contribution in [0.4, 0.5) is 14.5 Å². The van der Waals surface area contributed by atoms with Gasteiger partial charge in [-0.2, -0.15) is 0 Å².